The molecule has 1 amide bonds. The number of nitrogens with zero attached hydrogens (tertiary/aromatic N) is 1. The van der Waals surface area contributed by atoms with E-state index in [0.717, 1.165) is 5.56 Å². The number of piperidine rings is 1. The van der Waals surface area contributed by atoms with E-state index in [1.807, 2.05) is 27.7 Å². The van der Waals surface area contributed by atoms with Crippen LogP contribution in [0.1, 0.15) is 52.0 Å². The zero-order valence-electron chi connectivity index (χ0n) is 17.7. The topological polar surface area (TPSA) is 72.9 Å². The van der Waals surface area contributed by atoms with E-state index >= 15 is 0 Å². The number of aryl methyl sites for hydroxylation is 1. The normalized spacial score (nSPS) is 17.2. The zero-order valence-corrected chi connectivity index (χ0v) is 18.5. The second-order valence-electron chi connectivity index (χ2n) is 8.55. The molecule has 1 unspecified atom stereocenters. The molecular weight excluding hydrogens is 397 g/mol. The van der Waals surface area contributed by atoms with Gasteiger partial charge in [-0.15, -0.1) is 0 Å². The number of ether oxygens (including phenoxy) is 1. The molecule has 1 aromatic rings. The van der Waals surface area contributed by atoms with Gasteiger partial charge in [-0.1, -0.05) is 17.7 Å². The monoisotopic (exact) mass is 429 g/mol. The molecule has 1 fully saturated rings. The molecule has 1 aliphatic rings. The third-order valence-electron chi connectivity index (χ3n) is 4.88. The number of hydrogen-bond donors (Lipinski definition) is 0. The van der Waals surface area contributed by atoms with Crippen LogP contribution in [0.15, 0.2) is 29.2 Å². The molecule has 1 atom stereocenters. The van der Waals surface area contributed by atoms with Crippen LogP contribution in [0.25, 0.3) is 0 Å². The van der Waals surface area contributed by atoms with Crippen LogP contribution in [-0.2, 0) is 19.0 Å². The van der Waals surface area contributed by atoms with Crippen LogP contribution in [0.4, 0.5) is 9.18 Å². The van der Waals surface area contributed by atoms with E-state index in [1.54, 1.807) is 17.0 Å². The fourth-order valence-corrected chi connectivity index (χ4v) is 4.17. The molecule has 0 radical (unpaired) electrons. The van der Waals surface area contributed by atoms with E-state index in [0.29, 0.717) is 32.4 Å². The molecule has 29 heavy (non-hydrogen) atoms. The standard InChI is InChI=1S/C21H32FNO5S/c1-16-7-9-18(10-8-16)29(25,26)27-15-5-6-19(22)17-11-13-23(14-12-17)20(24)28-21(2,3)4/h7-10,17,19H,5-6,11-15H2,1-4H3. The minimum atomic E-state index is -3.81. The SMILES string of the molecule is Cc1ccc(S(=O)(=O)OCCCC(F)C2CCN(C(=O)OC(C)(C)C)CC2)cc1. The molecule has 2 rings (SSSR count). The van der Waals surface area contributed by atoms with Gasteiger partial charge >= 0.3 is 6.09 Å². The average Bonchev–Trinajstić information content (AvgIpc) is 2.64. The lowest BCUT2D eigenvalue weighted by molar-refractivity contribution is 0.0139. The Labute approximate surface area is 173 Å². The highest BCUT2D eigenvalue weighted by molar-refractivity contribution is 7.86. The van der Waals surface area contributed by atoms with Crippen LogP contribution in [-0.4, -0.2) is 50.9 Å². The Kier molecular flexibility index (Phi) is 8.05. The van der Waals surface area contributed by atoms with Crippen molar-refractivity contribution >= 4 is 16.2 Å². The molecule has 0 aliphatic carbocycles. The summed E-state index contributed by atoms with van der Waals surface area (Å²) in [6.07, 6.45) is 0.299. The summed E-state index contributed by atoms with van der Waals surface area (Å²) >= 11 is 0. The lowest BCUT2D eigenvalue weighted by Crippen LogP contribution is -2.43. The predicted octanol–water partition coefficient (Wildman–Crippen LogP) is 4.47. The Morgan fingerprint density at radius 2 is 1.79 bits per heavy atom. The molecule has 1 aliphatic heterocycles. The molecule has 8 heteroatoms. The zero-order chi connectivity index (χ0) is 21.7. The minimum Gasteiger partial charge on any atom is -0.444 e. The number of hydrogen-bond acceptors (Lipinski definition) is 5. The molecule has 1 aromatic carbocycles. The van der Waals surface area contributed by atoms with Crippen molar-refractivity contribution < 1.29 is 26.5 Å². The van der Waals surface area contributed by atoms with Crippen molar-refractivity contribution in [1.29, 1.82) is 0 Å². The van der Waals surface area contributed by atoms with Crippen molar-refractivity contribution in [1.82, 2.24) is 4.90 Å². The molecule has 1 heterocycles. The fourth-order valence-electron chi connectivity index (χ4n) is 3.23. The Morgan fingerprint density at radius 3 is 2.34 bits per heavy atom. The first-order valence-electron chi connectivity index (χ1n) is 10.1. The maximum absolute atomic E-state index is 14.5. The summed E-state index contributed by atoms with van der Waals surface area (Å²) < 4.78 is 49.2. The van der Waals surface area contributed by atoms with Crippen LogP contribution in [0, 0.1) is 12.8 Å². The number of amides is 1. The Morgan fingerprint density at radius 1 is 1.21 bits per heavy atom. The smallest absolute Gasteiger partial charge is 0.410 e. The molecule has 0 aromatic heterocycles. The highest BCUT2D eigenvalue weighted by Gasteiger charge is 2.30. The number of halogens is 1. The van der Waals surface area contributed by atoms with Crippen LogP contribution >= 0.6 is 0 Å². The van der Waals surface area contributed by atoms with Crippen molar-refractivity contribution in [3.05, 3.63) is 29.8 Å². The highest BCUT2D eigenvalue weighted by atomic mass is 32.2. The van der Waals surface area contributed by atoms with E-state index in [1.165, 1.54) is 12.1 Å². The van der Waals surface area contributed by atoms with E-state index in [4.69, 9.17) is 8.92 Å². The first kappa shape index (κ1) is 23.6. The molecule has 0 N–H and O–H groups in total. The summed E-state index contributed by atoms with van der Waals surface area (Å²) in [5.74, 6) is -0.137. The third-order valence-corrected chi connectivity index (χ3v) is 6.20. The summed E-state index contributed by atoms with van der Waals surface area (Å²) in [4.78, 5) is 13.8. The largest absolute Gasteiger partial charge is 0.444 e. The molecule has 6 nitrogen and oxygen atoms in total. The molecule has 0 spiro atoms. The summed E-state index contributed by atoms with van der Waals surface area (Å²) in [6.45, 7) is 8.21. The van der Waals surface area contributed by atoms with Crippen LogP contribution < -0.4 is 0 Å². The van der Waals surface area contributed by atoms with E-state index in [9.17, 15) is 17.6 Å². The number of rotatable bonds is 7. The van der Waals surface area contributed by atoms with Gasteiger partial charge in [-0.3, -0.25) is 4.18 Å². The second kappa shape index (κ2) is 9.89. The van der Waals surface area contributed by atoms with Gasteiger partial charge in [0.25, 0.3) is 10.1 Å². The summed E-state index contributed by atoms with van der Waals surface area (Å²) in [7, 11) is -3.81. The summed E-state index contributed by atoms with van der Waals surface area (Å²) in [6, 6.07) is 6.41. The van der Waals surface area contributed by atoms with Crippen molar-refractivity contribution in [2.24, 2.45) is 5.92 Å². The highest BCUT2D eigenvalue weighted by Crippen LogP contribution is 2.26. The van der Waals surface area contributed by atoms with Crippen molar-refractivity contribution in [2.45, 2.75) is 70.0 Å². The lowest BCUT2D eigenvalue weighted by atomic mass is 9.90. The van der Waals surface area contributed by atoms with Crippen molar-refractivity contribution in [3.8, 4) is 0 Å². The van der Waals surface area contributed by atoms with E-state index in [-0.39, 0.29) is 29.9 Å². The molecule has 0 bridgehead atoms. The molecule has 1 saturated heterocycles. The number of benzene rings is 1. The quantitative estimate of drug-likeness (QED) is 0.472. The van der Waals surface area contributed by atoms with Crippen LogP contribution in [0.3, 0.4) is 0 Å². The number of carbonyl (C=O) groups excluding carboxylic acids is 1. The third kappa shape index (κ3) is 7.59. The van der Waals surface area contributed by atoms with Crippen LogP contribution in [0.2, 0.25) is 0 Å². The van der Waals surface area contributed by atoms with E-state index < -0.39 is 21.9 Å². The van der Waals surface area contributed by atoms with Gasteiger partial charge in [-0.05, 0) is 71.4 Å². The van der Waals surface area contributed by atoms with Gasteiger partial charge in [0.2, 0.25) is 0 Å². The van der Waals surface area contributed by atoms with Gasteiger partial charge in [-0.25, -0.2) is 9.18 Å². The second-order valence-corrected chi connectivity index (χ2v) is 10.2. The number of likely N-dealkylation sites (tertiary alicyclic amines) is 1. The molecule has 0 saturated carbocycles. The van der Waals surface area contributed by atoms with Crippen molar-refractivity contribution in [3.63, 3.8) is 0 Å². The van der Waals surface area contributed by atoms with Gasteiger partial charge in [0.15, 0.2) is 0 Å². The van der Waals surface area contributed by atoms with Gasteiger partial charge in [0, 0.05) is 13.1 Å². The lowest BCUT2D eigenvalue weighted by Gasteiger charge is -2.34. The maximum atomic E-state index is 14.5. The molecule has 164 valence electrons. The minimum absolute atomic E-state index is 0.0482. The Balaban J connectivity index is 1.70. The van der Waals surface area contributed by atoms with Gasteiger partial charge in [0.1, 0.15) is 11.8 Å². The summed E-state index contributed by atoms with van der Waals surface area (Å²) in [5.41, 5.74) is 0.414. The van der Waals surface area contributed by atoms with Crippen molar-refractivity contribution in [2.75, 3.05) is 19.7 Å². The maximum Gasteiger partial charge on any atom is 0.410 e. The van der Waals surface area contributed by atoms with Crippen LogP contribution in [0.5, 0.6) is 0 Å². The number of carbonyl (C=O) groups is 1. The Hall–Kier alpha value is -1.67. The first-order valence-corrected chi connectivity index (χ1v) is 11.5. The number of alkyl halides is 1. The van der Waals surface area contributed by atoms with Gasteiger partial charge in [-0.2, -0.15) is 8.42 Å². The van der Waals surface area contributed by atoms with Gasteiger partial charge < -0.3 is 9.64 Å². The van der Waals surface area contributed by atoms with Gasteiger partial charge in [0.05, 0.1) is 11.5 Å². The average molecular weight is 430 g/mol. The fraction of sp³-hybridized carbons (Fsp3) is 0.667. The predicted molar refractivity (Wildman–Crippen MR) is 109 cm³/mol. The first-order chi connectivity index (χ1) is 13.5. The van der Waals surface area contributed by atoms with E-state index in [2.05, 4.69) is 0 Å². The summed E-state index contributed by atoms with van der Waals surface area (Å²) in [5, 5.41) is 0. The Bertz CT molecular complexity index is 765. The molecular formula is C21H32FNO5S.